The van der Waals surface area contributed by atoms with E-state index in [4.69, 9.17) is 4.74 Å². The quantitative estimate of drug-likeness (QED) is 0.570. The summed E-state index contributed by atoms with van der Waals surface area (Å²) in [7, 11) is 0. The molecule has 0 aliphatic carbocycles. The zero-order chi connectivity index (χ0) is 13.2. The molecule has 3 heteroatoms. The van der Waals surface area contributed by atoms with Crippen LogP contribution in [0.25, 0.3) is 0 Å². The molecule has 0 unspecified atom stereocenters. The molecule has 19 heavy (non-hydrogen) atoms. The van der Waals surface area contributed by atoms with E-state index in [1.165, 1.54) is 5.56 Å². The molecular formula is C16H17NO2. The van der Waals surface area contributed by atoms with Gasteiger partial charge in [0.05, 0.1) is 6.04 Å². The normalized spacial score (nSPS) is 27.4. The molecule has 2 aliphatic heterocycles. The molecule has 1 aromatic rings. The Hall–Kier alpha value is -1.83. The van der Waals surface area contributed by atoms with Gasteiger partial charge in [0.25, 0.3) is 0 Å². The molecule has 3 nitrogen and oxygen atoms in total. The second kappa shape index (κ2) is 5.04. The van der Waals surface area contributed by atoms with Gasteiger partial charge in [0, 0.05) is 6.54 Å². The van der Waals surface area contributed by atoms with Gasteiger partial charge in [-0.25, -0.2) is 4.79 Å². The average molecular weight is 255 g/mol. The van der Waals surface area contributed by atoms with Gasteiger partial charge in [0.15, 0.2) is 0 Å². The van der Waals surface area contributed by atoms with Crippen molar-refractivity contribution in [1.82, 2.24) is 4.90 Å². The van der Waals surface area contributed by atoms with Crippen LogP contribution >= 0.6 is 0 Å². The summed E-state index contributed by atoms with van der Waals surface area (Å²) in [4.78, 5) is 14.3. The lowest BCUT2D eigenvalue weighted by Gasteiger charge is -2.44. The summed E-state index contributed by atoms with van der Waals surface area (Å²) in [5, 5.41) is 0. The number of ether oxygens (including phenoxy) is 1. The van der Waals surface area contributed by atoms with E-state index >= 15 is 0 Å². The van der Waals surface area contributed by atoms with Crippen molar-refractivity contribution in [2.75, 3.05) is 13.2 Å². The number of cyclic esters (lactones) is 1. The highest BCUT2D eigenvalue weighted by atomic mass is 16.5. The van der Waals surface area contributed by atoms with Gasteiger partial charge < -0.3 is 4.74 Å². The highest BCUT2D eigenvalue weighted by Crippen LogP contribution is 2.35. The van der Waals surface area contributed by atoms with Gasteiger partial charge in [0.1, 0.15) is 12.6 Å². The molecule has 2 fully saturated rings. The summed E-state index contributed by atoms with van der Waals surface area (Å²) in [6.07, 6.45) is 1.94. The Morgan fingerprint density at radius 3 is 2.84 bits per heavy atom. The molecule has 0 bridgehead atoms. The van der Waals surface area contributed by atoms with Crippen LogP contribution in [0.5, 0.6) is 0 Å². The highest BCUT2D eigenvalue weighted by Gasteiger charge is 2.42. The molecule has 1 aromatic carbocycles. The van der Waals surface area contributed by atoms with Gasteiger partial charge in [-0.05, 0) is 24.0 Å². The summed E-state index contributed by atoms with van der Waals surface area (Å²) in [6, 6.07) is 10.1. The number of hydrogen-bond donors (Lipinski definition) is 0. The van der Waals surface area contributed by atoms with Gasteiger partial charge in [0.2, 0.25) is 0 Å². The molecule has 0 amide bonds. The molecule has 2 heterocycles. The molecular weight excluding hydrogens is 238 g/mol. The molecule has 0 saturated carbocycles. The first-order valence-electron chi connectivity index (χ1n) is 6.67. The minimum Gasteiger partial charge on any atom is -0.462 e. The number of benzene rings is 1. The zero-order valence-corrected chi connectivity index (χ0v) is 10.8. The van der Waals surface area contributed by atoms with Crippen molar-refractivity contribution in [3.63, 3.8) is 0 Å². The predicted octanol–water partition coefficient (Wildman–Crippen LogP) is 2.46. The number of piperidine rings is 1. The summed E-state index contributed by atoms with van der Waals surface area (Å²) < 4.78 is 5.38. The first-order chi connectivity index (χ1) is 9.31. The fourth-order valence-corrected chi connectivity index (χ4v) is 3.02. The standard InChI is InChI=1S/C16H17NO2/c1-2-12-9-6-10-17-14(11-19-16(18)15(12)17)13-7-4-3-5-8-13/h3-5,7-8,14-15H,1,6,9-11H2/t14-,15+/m0/s1. The third-order valence-electron chi connectivity index (χ3n) is 3.94. The molecule has 0 aromatic heterocycles. The maximum Gasteiger partial charge on any atom is 0.328 e. The number of fused-ring (bicyclic) bond motifs is 1. The third-order valence-corrected chi connectivity index (χ3v) is 3.94. The second-order valence-corrected chi connectivity index (χ2v) is 5.00. The Morgan fingerprint density at radius 2 is 2.11 bits per heavy atom. The van der Waals surface area contributed by atoms with Crippen molar-refractivity contribution in [3.05, 3.63) is 53.8 Å². The van der Waals surface area contributed by atoms with Crippen LogP contribution in [0.15, 0.2) is 48.2 Å². The van der Waals surface area contributed by atoms with Crippen molar-refractivity contribution < 1.29 is 9.53 Å². The van der Waals surface area contributed by atoms with E-state index in [1.807, 2.05) is 18.2 Å². The van der Waals surface area contributed by atoms with E-state index in [0.29, 0.717) is 6.61 Å². The van der Waals surface area contributed by atoms with Crippen LogP contribution in [0.1, 0.15) is 24.4 Å². The Labute approximate surface area is 113 Å². The Kier molecular flexibility index (Phi) is 3.24. The van der Waals surface area contributed by atoms with Crippen LogP contribution in [0, 0.1) is 0 Å². The fourth-order valence-electron chi connectivity index (χ4n) is 3.02. The summed E-state index contributed by atoms with van der Waals surface area (Å²) in [6.45, 7) is 5.07. The number of carbonyl (C=O) groups excluding carboxylic acids is 1. The molecule has 98 valence electrons. The molecule has 2 saturated heterocycles. The fraction of sp³-hybridized carbons (Fsp3) is 0.375. The second-order valence-electron chi connectivity index (χ2n) is 5.00. The summed E-state index contributed by atoms with van der Waals surface area (Å²) in [5.41, 5.74) is 5.10. The molecule has 0 N–H and O–H groups in total. The predicted molar refractivity (Wildman–Crippen MR) is 72.5 cm³/mol. The van der Waals surface area contributed by atoms with Crippen LogP contribution < -0.4 is 0 Å². The lowest BCUT2D eigenvalue weighted by Crippen LogP contribution is -2.53. The van der Waals surface area contributed by atoms with E-state index in [-0.39, 0.29) is 18.1 Å². The lowest BCUT2D eigenvalue weighted by molar-refractivity contribution is -0.161. The molecule has 2 atom stereocenters. The largest absolute Gasteiger partial charge is 0.462 e. The van der Waals surface area contributed by atoms with Gasteiger partial charge in [-0.1, -0.05) is 36.9 Å². The Morgan fingerprint density at radius 1 is 1.32 bits per heavy atom. The van der Waals surface area contributed by atoms with E-state index in [2.05, 4.69) is 29.3 Å². The Balaban J connectivity index is 1.96. The number of carbonyl (C=O) groups is 1. The van der Waals surface area contributed by atoms with Crippen LogP contribution in [0.2, 0.25) is 0 Å². The smallest absolute Gasteiger partial charge is 0.328 e. The molecule has 0 spiro atoms. The number of hydrogen-bond acceptors (Lipinski definition) is 3. The maximum atomic E-state index is 12.0. The van der Waals surface area contributed by atoms with Crippen LogP contribution in [0.3, 0.4) is 0 Å². The minimum absolute atomic E-state index is 0.146. The molecule has 2 aliphatic rings. The van der Waals surface area contributed by atoms with E-state index in [9.17, 15) is 4.79 Å². The monoisotopic (exact) mass is 255 g/mol. The van der Waals surface area contributed by atoms with E-state index in [1.54, 1.807) is 0 Å². The van der Waals surface area contributed by atoms with Gasteiger partial charge in [-0.15, -0.1) is 5.73 Å². The van der Waals surface area contributed by atoms with Crippen LogP contribution in [-0.2, 0) is 9.53 Å². The highest BCUT2D eigenvalue weighted by molar-refractivity contribution is 5.80. The third kappa shape index (κ3) is 2.12. The molecule has 3 rings (SSSR count). The maximum absolute atomic E-state index is 12.0. The van der Waals surface area contributed by atoms with Gasteiger partial charge in [-0.2, -0.15) is 0 Å². The van der Waals surface area contributed by atoms with Crippen molar-refractivity contribution >= 4 is 5.97 Å². The van der Waals surface area contributed by atoms with Crippen molar-refractivity contribution in [3.8, 4) is 0 Å². The van der Waals surface area contributed by atoms with Crippen molar-refractivity contribution in [2.45, 2.75) is 24.9 Å². The van der Waals surface area contributed by atoms with Gasteiger partial charge in [-0.3, -0.25) is 4.90 Å². The van der Waals surface area contributed by atoms with Crippen molar-refractivity contribution in [2.24, 2.45) is 0 Å². The number of esters is 1. The van der Waals surface area contributed by atoms with Crippen LogP contribution in [-0.4, -0.2) is 30.1 Å². The van der Waals surface area contributed by atoms with E-state index in [0.717, 1.165) is 25.0 Å². The zero-order valence-electron chi connectivity index (χ0n) is 10.8. The minimum atomic E-state index is -0.287. The first-order valence-corrected chi connectivity index (χ1v) is 6.67. The van der Waals surface area contributed by atoms with Crippen LogP contribution in [0.4, 0.5) is 0 Å². The van der Waals surface area contributed by atoms with E-state index < -0.39 is 0 Å². The SMILES string of the molecule is C=C=C1CCCN2[C@H]1C(=O)OC[C@H]2c1ccccc1. The Bertz CT molecular complexity index is 531. The van der Waals surface area contributed by atoms with Gasteiger partial charge >= 0.3 is 5.97 Å². The summed E-state index contributed by atoms with van der Waals surface area (Å²) in [5.74, 6) is -0.155. The first kappa shape index (κ1) is 12.2. The lowest BCUT2D eigenvalue weighted by atomic mass is 9.91. The molecule has 0 radical (unpaired) electrons. The summed E-state index contributed by atoms with van der Waals surface area (Å²) >= 11 is 0. The average Bonchev–Trinajstić information content (AvgIpc) is 2.48. The van der Waals surface area contributed by atoms with Crippen molar-refractivity contribution in [1.29, 1.82) is 0 Å². The number of nitrogens with zero attached hydrogens (tertiary/aromatic N) is 1. The topological polar surface area (TPSA) is 29.5 Å². The number of morpholine rings is 1. The number of rotatable bonds is 1.